The minimum Gasteiger partial charge on any atom is -0.497 e. The van der Waals surface area contributed by atoms with Crippen LogP contribution in [0.25, 0.3) is 0 Å². The summed E-state index contributed by atoms with van der Waals surface area (Å²) in [6.45, 7) is -0.942. The number of nitrogens with zero attached hydrogens (tertiary/aromatic N) is 3. The molecule has 12 nitrogen and oxygen atoms in total. The molecule has 0 unspecified atom stereocenters. The summed E-state index contributed by atoms with van der Waals surface area (Å²) in [4.78, 5) is 44.1. The Labute approximate surface area is 336 Å². The maximum Gasteiger partial charge on any atom is 0.435 e. The quantitative estimate of drug-likeness (QED) is 0.0457. The Morgan fingerprint density at radius 1 is 0.797 bits per heavy atom. The normalized spacial score (nSPS) is 19.2. The van der Waals surface area contributed by atoms with Gasteiger partial charge in [0.25, 0.3) is 0 Å². The molecule has 5 aromatic rings. The van der Waals surface area contributed by atoms with E-state index in [2.05, 4.69) is 10.1 Å². The summed E-state index contributed by atoms with van der Waals surface area (Å²) in [5, 5.41) is 3.90. The molecule has 1 aliphatic rings. The lowest BCUT2D eigenvalue weighted by molar-refractivity contribution is -0.265. The largest absolute Gasteiger partial charge is 0.497 e. The number of esters is 3. The molecule has 0 bridgehead atoms. The van der Waals surface area contributed by atoms with Crippen LogP contribution in [-0.4, -0.2) is 85.4 Å². The van der Waals surface area contributed by atoms with Crippen molar-refractivity contribution in [3.63, 3.8) is 0 Å². The molecule has 0 aliphatic carbocycles. The fourth-order valence-corrected chi connectivity index (χ4v) is 6.22. The van der Waals surface area contributed by atoms with Crippen LogP contribution in [0, 0.1) is 0 Å². The van der Waals surface area contributed by atoms with Crippen LogP contribution in [0.15, 0.2) is 120 Å². The highest BCUT2D eigenvalue weighted by atomic mass is 19.4. The van der Waals surface area contributed by atoms with Gasteiger partial charge in [-0.2, -0.15) is 18.3 Å². The minimum absolute atomic E-state index is 0.0103. The second kappa shape index (κ2) is 19.3. The number of carbonyl (C=O) groups is 3. The third-order valence-corrected chi connectivity index (χ3v) is 9.15. The lowest BCUT2D eigenvalue weighted by Crippen LogP contribution is -2.61. The van der Waals surface area contributed by atoms with E-state index in [-0.39, 0.29) is 36.1 Å². The van der Waals surface area contributed by atoms with Crippen molar-refractivity contribution in [2.24, 2.45) is 4.99 Å². The second-order valence-electron chi connectivity index (χ2n) is 13.1. The van der Waals surface area contributed by atoms with Crippen molar-refractivity contribution in [1.82, 2.24) is 9.78 Å². The van der Waals surface area contributed by atoms with Crippen molar-refractivity contribution < 1.29 is 60.4 Å². The number of ether oxygens (including phenoxy) is 6. The first-order valence-corrected chi connectivity index (χ1v) is 18.4. The number of aliphatic imine (C=N–C) groups is 1. The van der Waals surface area contributed by atoms with Crippen LogP contribution < -0.4 is 9.47 Å². The van der Waals surface area contributed by atoms with Gasteiger partial charge in [-0.15, -0.1) is 0 Å². The third-order valence-electron chi connectivity index (χ3n) is 9.15. The summed E-state index contributed by atoms with van der Waals surface area (Å²) >= 11 is 0. The molecule has 1 saturated heterocycles. The molecule has 0 saturated carbocycles. The van der Waals surface area contributed by atoms with Gasteiger partial charge in [0.15, 0.2) is 18.0 Å². The lowest BCUT2D eigenvalue weighted by Gasteiger charge is -2.42. The minimum atomic E-state index is -4.98. The molecular formula is C43H39F4N3O9. The van der Waals surface area contributed by atoms with Crippen molar-refractivity contribution in [2.75, 3.05) is 20.8 Å². The first-order valence-electron chi connectivity index (χ1n) is 18.4. The number of alkyl halides is 4. The van der Waals surface area contributed by atoms with Gasteiger partial charge in [0.05, 0.1) is 29.4 Å². The van der Waals surface area contributed by atoms with Crippen molar-refractivity contribution in [2.45, 2.75) is 56.3 Å². The van der Waals surface area contributed by atoms with Crippen LogP contribution in [0.2, 0.25) is 0 Å². The molecular weight excluding hydrogens is 778 g/mol. The van der Waals surface area contributed by atoms with E-state index in [9.17, 15) is 27.6 Å². The van der Waals surface area contributed by atoms with Crippen molar-refractivity contribution >= 4 is 24.1 Å². The van der Waals surface area contributed by atoms with Gasteiger partial charge in [-0.3, -0.25) is 0 Å². The Bertz CT molecular complexity index is 2200. The molecule has 308 valence electrons. The fourth-order valence-electron chi connectivity index (χ4n) is 6.22. The number of methoxy groups -OCH3 is 1. The first-order chi connectivity index (χ1) is 28.5. The number of carbonyl (C=O) groups excluding carboxylic acids is 3. The maximum atomic E-state index is 16.9. The van der Waals surface area contributed by atoms with Crippen LogP contribution in [-0.2, 0) is 38.1 Å². The summed E-state index contributed by atoms with van der Waals surface area (Å²) in [7, 11) is 2.94. The van der Waals surface area contributed by atoms with Gasteiger partial charge in [-0.25, -0.2) is 23.5 Å². The van der Waals surface area contributed by atoms with Crippen molar-refractivity contribution in [3.8, 4) is 11.6 Å². The highest BCUT2D eigenvalue weighted by Crippen LogP contribution is 2.40. The average Bonchev–Trinajstić information content (AvgIpc) is 3.59. The van der Waals surface area contributed by atoms with Crippen LogP contribution in [0.3, 0.4) is 0 Å². The monoisotopic (exact) mass is 817 g/mol. The molecule has 5 atom stereocenters. The molecule has 0 spiro atoms. The fraction of sp³-hybridized carbons (Fsp3) is 0.279. The Morgan fingerprint density at radius 2 is 1.34 bits per heavy atom. The number of aromatic nitrogens is 2. The molecule has 0 N–H and O–H groups in total. The van der Waals surface area contributed by atoms with E-state index in [1.165, 1.54) is 56.8 Å². The van der Waals surface area contributed by atoms with Crippen molar-refractivity contribution in [3.05, 3.63) is 149 Å². The second-order valence-corrected chi connectivity index (χ2v) is 13.1. The first kappa shape index (κ1) is 42.1. The molecule has 1 fully saturated rings. The zero-order valence-corrected chi connectivity index (χ0v) is 31.8. The Kier molecular flexibility index (Phi) is 13.7. The Balaban J connectivity index is 1.45. The SMILES string of the molecule is CN=CCCn1nc(C(F)(F)F)c(Cc2ccc(OC)cc2)c1O[C@@H]1O[C@H](COC(=O)c2ccccc2)[C@@H](F)[C@H](OC(=O)c2ccccc2)[C@H]1OC(=O)c1ccccc1. The van der Waals surface area contributed by atoms with Gasteiger partial charge in [0.2, 0.25) is 18.3 Å². The summed E-state index contributed by atoms with van der Waals surface area (Å²) < 4.78 is 96.9. The van der Waals surface area contributed by atoms with Gasteiger partial charge < -0.3 is 33.4 Å². The van der Waals surface area contributed by atoms with Gasteiger partial charge in [0.1, 0.15) is 18.5 Å². The summed E-state index contributed by atoms with van der Waals surface area (Å²) in [5.74, 6) is -2.89. The number of rotatable bonds is 15. The van der Waals surface area contributed by atoms with Crippen molar-refractivity contribution in [1.29, 1.82) is 0 Å². The maximum absolute atomic E-state index is 16.9. The molecule has 2 heterocycles. The molecule has 0 radical (unpaired) electrons. The highest BCUT2D eigenvalue weighted by molar-refractivity contribution is 5.90. The van der Waals surface area contributed by atoms with E-state index >= 15 is 4.39 Å². The van der Waals surface area contributed by atoms with Gasteiger partial charge in [0, 0.05) is 32.6 Å². The van der Waals surface area contributed by atoms with Gasteiger partial charge >= 0.3 is 24.1 Å². The molecule has 6 rings (SSSR count). The van der Waals surface area contributed by atoms with Crippen LogP contribution in [0.4, 0.5) is 17.6 Å². The van der Waals surface area contributed by atoms with Crippen LogP contribution >= 0.6 is 0 Å². The molecule has 0 amide bonds. The topological polar surface area (TPSA) is 137 Å². The predicted molar refractivity (Wildman–Crippen MR) is 204 cm³/mol. The van der Waals surface area contributed by atoms with E-state index in [1.807, 2.05) is 0 Å². The Hall–Kier alpha value is -6.55. The predicted octanol–water partition coefficient (Wildman–Crippen LogP) is 7.34. The summed E-state index contributed by atoms with van der Waals surface area (Å²) in [6, 6.07) is 29.2. The standard InChI is InChI=1S/C43H39F4N3O9/c1-48-23-12-24-50-38(32(37(49-50)43(45,46)47)25-27-19-21-31(54-2)22-20-27)59-42-36(58-41(53)30-17-10-5-11-18-30)35(57-40(52)29-15-8-4-9-16-29)34(44)33(56-42)26-55-39(51)28-13-6-3-7-14-28/h3-11,13-23,33-36,42H,12,24-26H2,1-2H3/t33-,34-,35+,36-,42+/m1/s1. The van der Waals surface area contributed by atoms with E-state index in [1.54, 1.807) is 78.9 Å². The van der Waals surface area contributed by atoms with E-state index < -0.39 is 78.6 Å². The van der Waals surface area contributed by atoms with E-state index in [0.717, 1.165) is 4.68 Å². The van der Waals surface area contributed by atoms with Crippen LogP contribution in [0.5, 0.6) is 11.6 Å². The molecule has 16 heteroatoms. The average molecular weight is 818 g/mol. The number of aryl methyl sites for hydroxylation is 1. The molecule has 1 aromatic heterocycles. The van der Waals surface area contributed by atoms with Crippen LogP contribution in [0.1, 0.15) is 54.3 Å². The summed E-state index contributed by atoms with van der Waals surface area (Å²) in [6.07, 6.45) is -13.8. The highest BCUT2D eigenvalue weighted by Gasteiger charge is 2.53. The zero-order valence-electron chi connectivity index (χ0n) is 31.8. The number of hydrogen-bond acceptors (Lipinski definition) is 11. The number of benzene rings is 4. The van der Waals surface area contributed by atoms with Gasteiger partial charge in [-0.05, 0) is 54.1 Å². The molecule has 1 aliphatic heterocycles. The van der Waals surface area contributed by atoms with E-state index in [0.29, 0.717) is 11.3 Å². The lowest BCUT2D eigenvalue weighted by atomic mass is 9.99. The zero-order chi connectivity index (χ0) is 41.9. The molecule has 4 aromatic carbocycles. The smallest absolute Gasteiger partial charge is 0.435 e. The Morgan fingerprint density at radius 3 is 1.86 bits per heavy atom. The van der Waals surface area contributed by atoms with Gasteiger partial charge in [-0.1, -0.05) is 66.7 Å². The third kappa shape index (κ3) is 10.5. The summed E-state index contributed by atoms with van der Waals surface area (Å²) in [5.41, 5.74) is -1.14. The number of hydrogen-bond donors (Lipinski definition) is 0. The van der Waals surface area contributed by atoms with E-state index in [4.69, 9.17) is 28.4 Å². The molecule has 59 heavy (non-hydrogen) atoms. The number of halogens is 4.